The average Bonchev–Trinajstić information content (AvgIpc) is 2.29. The fourth-order valence-electron chi connectivity index (χ4n) is 1.57. The van der Waals surface area contributed by atoms with Gasteiger partial charge in [-0.2, -0.15) is 0 Å². The summed E-state index contributed by atoms with van der Waals surface area (Å²) in [5.74, 6) is -0.424. The van der Waals surface area contributed by atoms with Gasteiger partial charge in [0.05, 0.1) is 12.6 Å². The van der Waals surface area contributed by atoms with Gasteiger partial charge in [0.15, 0.2) is 12.4 Å². The van der Waals surface area contributed by atoms with Gasteiger partial charge in [-0.15, -0.1) is 0 Å². The van der Waals surface area contributed by atoms with Crippen LogP contribution in [-0.2, 0) is 9.53 Å². The van der Waals surface area contributed by atoms with Crippen molar-refractivity contribution in [2.75, 3.05) is 13.1 Å². The molecule has 0 bridgehead atoms. The molecule has 9 heteroatoms. The van der Waals surface area contributed by atoms with Gasteiger partial charge in [0.1, 0.15) is 0 Å². The standard InChI is InChI=1S/C8H15N3O6/c9-2-6(12)10-3-4-1-5(11(15)16)7(13)8(14)17-4/h4-5,7-8,13-14H,1-3,9H2,(H,10,12)/t4-,5?,7?,8+/m0/s1. The number of aliphatic hydroxyl groups excluding tert-OH is 2. The van der Waals surface area contributed by atoms with Gasteiger partial charge in [-0.3, -0.25) is 14.9 Å². The first-order chi connectivity index (χ1) is 7.95. The van der Waals surface area contributed by atoms with Crippen LogP contribution in [0.1, 0.15) is 6.42 Å². The van der Waals surface area contributed by atoms with E-state index < -0.39 is 35.4 Å². The number of ether oxygens (including phenoxy) is 1. The summed E-state index contributed by atoms with van der Waals surface area (Å²) in [5.41, 5.74) is 5.06. The van der Waals surface area contributed by atoms with E-state index in [1.807, 2.05) is 0 Å². The molecule has 2 unspecified atom stereocenters. The fraction of sp³-hybridized carbons (Fsp3) is 0.875. The topological polar surface area (TPSA) is 148 Å². The van der Waals surface area contributed by atoms with E-state index in [0.29, 0.717) is 0 Å². The minimum atomic E-state index is -1.63. The molecule has 1 saturated heterocycles. The van der Waals surface area contributed by atoms with Gasteiger partial charge in [-0.25, -0.2) is 0 Å². The van der Waals surface area contributed by atoms with E-state index in [0.717, 1.165) is 0 Å². The molecule has 1 rings (SSSR count). The van der Waals surface area contributed by atoms with Crippen molar-refractivity contribution in [3.05, 3.63) is 10.1 Å². The third-order valence-electron chi connectivity index (χ3n) is 2.51. The van der Waals surface area contributed by atoms with Crippen LogP contribution >= 0.6 is 0 Å². The van der Waals surface area contributed by atoms with Crippen molar-refractivity contribution in [1.29, 1.82) is 0 Å². The first-order valence-corrected chi connectivity index (χ1v) is 5.07. The summed E-state index contributed by atoms with van der Waals surface area (Å²) in [6, 6.07) is -1.31. The quantitative estimate of drug-likeness (QED) is 0.310. The molecule has 1 fully saturated rings. The maximum Gasteiger partial charge on any atom is 0.246 e. The predicted molar refractivity (Wildman–Crippen MR) is 54.4 cm³/mol. The molecule has 0 aromatic carbocycles. The Morgan fingerprint density at radius 2 is 2.24 bits per heavy atom. The van der Waals surface area contributed by atoms with Crippen molar-refractivity contribution in [3.63, 3.8) is 0 Å². The number of hydrogen-bond acceptors (Lipinski definition) is 7. The Kier molecular flexibility index (Phi) is 4.75. The Balaban J connectivity index is 2.52. The van der Waals surface area contributed by atoms with Gasteiger partial charge >= 0.3 is 0 Å². The molecule has 4 atom stereocenters. The monoisotopic (exact) mass is 249 g/mol. The van der Waals surface area contributed by atoms with E-state index in [1.54, 1.807) is 0 Å². The van der Waals surface area contributed by atoms with E-state index in [-0.39, 0.29) is 19.5 Å². The van der Waals surface area contributed by atoms with Crippen LogP contribution < -0.4 is 11.1 Å². The first-order valence-electron chi connectivity index (χ1n) is 5.07. The highest BCUT2D eigenvalue weighted by molar-refractivity contribution is 5.77. The van der Waals surface area contributed by atoms with E-state index in [1.165, 1.54) is 0 Å². The van der Waals surface area contributed by atoms with Crippen LogP contribution in [0.5, 0.6) is 0 Å². The molecule has 98 valence electrons. The molecule has 1 aliphatic heterocycles. The lowest BCUT2D eigenvalue weighted by Crippen LogP contribution is -2.54. The Bertz CT molecular complexity index is 299. The molecule has 1 aliphatic rings. The highest BCUT2D eigenvalue weighted by atomic mass is 16.6. The summed E-state index contributed by atoms with van der Waals surface area (Å²) < 4.78 is 4.92. The number of hydrogen-bond donors (Lipinski definition) is 4. The van der Waals surface area contributed by atoms with Crippen LogP contribution in [0.2, 0.25) is 0 Å². The smallest absolute Gasteiger partial charge is 0.246 e. The number of aliphatic hydroxyl groups is 2. The molecular formula is C8H15N3O6. The lowest BCUT2D eigenvalue weighted by atomic mass is 10.00. The van der Waals surface area contributed by atoms with E-state index >= 15 is 0 Å². The number of nitro groups is 1. The maximum atomic E-state index is 10.9. The SMILES string of the molecule is NCC(=O)NC[C@@H]1CC([N+](=O)[O-])C(O)[C@H](O)O1. The average molecular weight is 249 g/mol. The summed E-state index contributed by atoms with van der Waals surface area (Å²) >= 11 is 0. The van der Waals surface area contributed by atoms with Gasteiger partial charge in [0.2, 0.25) is 11.9 Å². The van der Waals surface area contributed by atoms with Gasteiger partial charge in [0, 0.05) is 17.9 Å². The summed E-state index contributed by atoms with van der Waals surface area (Å²) in [6.07, 6.45) is -4.00. The molecule has 0 aromatic heterocycles. The largest absolute Gasteiger partial charge is 0.381 e. The Morgan fingerprint density at radius 1 is 1.59 bits per heavy atom. The van der Waals surface area contributed by atoms with Crippen LogP contribution in [-0.4, -0.2) is 58.7 Å². The molecule has 1 amide bonds. The second kappa shape index (κ2) is 5.87. The van der Waals surface area contributed by atoms with Crippen molar-refractivity contribution in [2.45, 2.75) is 31.0 Å². The molecule has 0 spiro atoms. The van der Waals surface area contributed by atoms with E-state index in [9.17, 15) is 25.1 Å². The van der Waals surface area contributed by atoms with Crippen LogP contribution in [0.4, 0.5) is 0 Å². The minimum Gasteiger partial charge on any atom is -0.381 e. The molecule has 0 aliphatic carbocycles. The lowest BCUT2D eigenvalue weighted by molar-refractivity contribution is -0.550. The zero-order valence-corrected chi connectivity index (χ0v) is 8.98. The Labute approximate surface area is 96.7 Å². The molecule has 1 heterocycles. The summed E-state index contributed by atoms with van der Waals surface area (Å²) in [5, 5.41) is 31.6. The van der Waals surface area contributed by atoms with E-state index in [2.05, 4.69) is 5.32 Å². The number of rotatable bonds is 4. The highest BCUT2D eigenvalue weighted by Crippen LogP contribution is 2.20. The zero-order chi connectivity index (χ0) is 13.0. The number of carbonyl (C=O) groups excluding carboxylic acids is 1. The van der Waals surface area contributed by atoms with Crippen LogP contribution in [0.3, 0.4) is 0 Å². The fourth-order valence-corrected chi connectivity index (χ4v) is 1.57. The number of amides is 1. The van der Waals surface area contributed by atoms with Gasteiger partial charge < -0.3 is 26.0 Å². The highest BCUT2D eigenvalue weighted by Gasteiger charge is 2.43. The molecule has 5 N–H and O–H groups in total. The second-order valence-electron chi connectivity index (χ2n) is 3.74. The van der Waals surface area contributed by atoms with Crippen LogP contribution in [0.15, 0.2) is 0 Å². The lowest BCUT2D eigenvalue weighted by Gasteiger charge is -2.32. The second-order valence-corrected chi connectivity index (χ2v) is 3.74. The molecule has 0 saturated carbocycles. The molecule has 0 aromatic rings. The van der Waals surface area contributed by atoms with Crippen LogP contribution in [0.25, 0.3) is 0 Å². The first kappa shape index (κ1) is 13.8. The summed E-state index contributed by atoms with van der Waals surface area (Å²) in [4.78, 5) is 20.8. The van der Waals surface area contributed by atoms with Crippen molar-refractivity contribution in [1.82, 2.24) is 5.32 Å². The number of nitrogens with one attached hydrogen (secondary N) is 1. The van der Waals surface area contributed by atoms with Gasteiger partial charge in [0.25, 0.3) is 0 Å². The van der Waals surface area contributed by atoms with Crippen molar-refractivity contribution in [3.8, 4) is 0 Å². The molecule has 0 radical (unpaired) electrons. The number of nitrogens with zero attached hydrogens (tertiary/aromatic N) is 1. The van der Waals surface area contributed by atoms with Crippen molar-refractivity contribution >= 4 is 5.91 Å². The normalized spacial score (nSPS) is 33.1. The number of carbonyl (C=O) groups is 1. The van der Waals surface area contributed by atoms with Crippen molar-refractivity contribution < 1.29 is 24.7 Å². The van der Waals surface area contributed by atoms with Gasteiger partial charge in [-0.05, 0) is 0 Å². The minimum absolute atomic E-state index is 0.00412. The maximum absolute atomic E-state index is 10.9. The summed E-state index contributed by atoms with van der Waals surface area (Å²) in [7, 11) is 0. The van der Waals surface area contributed by atoms with Crippen molar-refractivity contribution in [2.24, 2.45) is 5.73 Å². The molecular weight excluding hydrogens is 234 g/mol. The zero-order valence-electron chi connectivity index (χ0n) is 8.98. The third-order valence-corrected chi connectivity index (χ3v) is 2.51. The predicted octanol–water partition coefficient (Wildman–Crippen LogP) is -2.83. The molecule has 17 heavy (non-hydrogen) atoms. The Morgan fingerprint density at radius 3 is 2.76 bits per heavy atom. The van der Waals surface area contributed by atoms with E-state index in [4.69, 9.17) is 10.5 Å². The Hall–Kier alpha value is -1.29. The summed E-state index contributed by atoms with van der Waals surface area (Å²) in [6.45, 7) is -0.194. The third kappa shape index (κ3) is 3.60. The van der Waals surface area contributed by atoms with Gasteiger partial charge in [-0.1, -0.05) is 0 Å². The number of nitrogens with two attached hydrogens (primary N) is 1. The molecule has 9 nitrogen and oxygen atoms in total. The van der Waals surface area contributed by atoms with Crippen LogP contribution in [0, 0.1) is 10.1 Å².